The highest BCUT2D eigenvalue weighted by atomic mass is 32.1. The van der Waals surface area contributed by atoms with Gasteiger partial charge in [-0.15, -0.1) is 0 Å². The fourth-order valence-corrected chi connectivity index (χ4v) is 4.62. The SMILES string of the molecule is CCC1CCCCN1C(c1ccco1)c1sc2ncnn2c1O. The Morgan fingerprint density at radius 1 is 1.48 bits per heavy atom. The van der Waals surface area contributed by atoms with Crippen molar-refractivity contribution in [2.24, 2.45) is 0 Å². The Hall–Kier alpha value is -1.86. The van der Waals surface area contributed by atoms with Gasteiger partial charge in [0.05, 0.1) is 11.1 Å². The summed E-state index contributed by atoms with van der Waals surface area (Å²) in [5.74, 6) is 1.04. The van der Waals surface area contributed by atoms with E-state index < -0.39 is 0 Å². The topological polar surface area (TPSA) is 66.8 Å². The number of likely N-dealkylation sites (tertiary alicyclic amines) is 1. The zero-order valence-electron chi connectivity index (χ0n) is 13.1. The number of aromatic nitrogens is 3. The van der Waals surface area contributed by atoms with Gasteiger partial charge in [0, 0.05) is 6.04 Å². The third kappa shape index (κ3) is 2.44. The van der Waals surface area contributed by atoms with Crippen LogP contribution in [0.15, 0.2) is 29.1 Å². The second kappa shape index (κ2) is 5.98. The van der Waals surface area contributed by atoms with Gasteiger partial charge in [-0.25, -0.2) is 4.98 Å². The van der Waals surface area contributed by atoms with Crippen molar-refractivity contribution in [2.45, 2.75) is 44.7 Å². The predicted molar refractivity (Wildman–Crippen MR) is 87.7 cm³/mol. The molecule has 4 heterocycles. The van der Waals surface area contributed by atoms with E-state index in [4.69, 9.17) is 4.42 Å². The maximum Gasteiger partial charge on any atom is 0.230 e. The second-order valence-electron chi connectivity index (χ2n) is 5.96. The molecule has 1 aliphatic rings. The van der Waals surface area contributed by atoms with Gasteiger partial charge in [0.1, 0.15) is 18.1 Å². The van der Waals surface area contributed by atoms with Gasteiger partial charge < -0.3 is 9.52 Å². The highest BCUT2D eigenvalue weighted by Crippen LogP contribution is 2.42. The van der Waals surface area contributed by atoms with Crippen LogP contribution in [-0.2, 0) is 0 Å². The van der Waals surface area contributed by atoms with Crippen LogP contribution in [0.25, 0.3) is 4.96 Å². The van der Waals surface area contributed by atoms with Crippen molar-refractivity contribution in [3.8, 4) is 5.88 Å². The molecule has 0 amide bonds. The van der Waals surface area contributed by atoms with Crippen molar-refractivity contribution in [3.63, 3.8) is 0 Å². The van der Waals surface area contributed by atoms with E-state index in [0.717, 1.165) is 23.6 Å². The van der Waals surface area contributed by atoms with Crippen LogP contribution in [0.3, 0.4) is 0 Å². The van der Waals surface area contributed by atoms with E-state index in [2.05, 4.69) is 21.9 Å². The first-order valence-electron chi connectivity index (χ1n) is 8.10. The van der Waals surface area contributed by atoms with Gasteiger partial charge >= 0.3 is 0 Å². The minimum Gasteiger partial charge on any atom is -0.492 e. The Balaban J connectivity index is 1.82. The van der Waals surface area contributed by atoms with E-state index in [9.17, 15) is 5.11 Å². The van der Waals surface area contributed by atoms with Crippen molar-refractivity contribution in [3.05, 3.63) is 35.4 Å². The van der Waals surface area contributed by atoms with Crippen LogP contribution in [0.4, 0.5) is 0 Å². The average molecular weight is 332 g/mol. The molecule has 122 valence electrons. The number of aromatic hydroxyl groups is 1. The van der Waals surface area contributed by atoms with Crippen molar-refractivity contribution < 1.29 is 9.52 Å². The normalized spacial score (nSPS) is 21.0. The molecule has 0 radical (unpaired) electrons. The molecule has 3 aromatic heterocycles. The van der Waals surface area contributed by atoms with E-state index in [1.54, 1.807) is 6.26 Å². The Morgan fingerprint density at radius 2 is 2.39 bits per heavy atom. The maximum atomic E-state index is 10.6. The maximum absolute atomic E-state index is 10.6. The van der Waals surface area contributed by atoms with E-state index in [1.165, 1.54) is 41.4 Å². The van der Waals surface area contributed by atoms with Crippen LogP contribution in [0.2, 0.25) is 0 Å². The van der Waals surface area contributed by atoms with Crippen molar-refractivity contribution >= 4 is 16.3 Å². The van der Waals surface area contributed by atoms with E-state index in [-0.39, 0.29) is 11.9 Å². The molecule has 1 aliphatic heterocycles. The van der Waals surface area contributed by atoms with Crippen LogP contribution < -0.4 is 0 Å². The predicted octanol–water partition coefficient (Wildman–Crippen LogP) is 3.44. The van der Waals surface area contributed by atoms with Crippen molar-refractivity contribution in [2.75, 3.05) is 6.54 Å². The van der Waals surface area contributed by atoms with Gasteiger partial charge in [0.15, 0.2) is 0 Å². The van der Waals surface area contributed by atoms with Crippen LogP contribution in [0.1, 0.15) is 49.3 Å². The third-order valence-corrected chi connectivity index (χ3v) is 5.76. The number of piperidine rings is 1. The van der Waals surface area contributed by atoms with Gasteiger partial charge in [0.25, 0.3) is 0 Å². The summed E-state index contributed by atoms with van der Waals surface area (Å²) in [4.78, 5) is 8.24. The fraction of sp³-hybridized carbons (Fsp3) is 0.500. The molecule has 2 atom stereocenters. The smallest absolute Gasteiger partial charge is 0.230 e. The van der Waals surface area contributed by atoms with Crippen LogP contribution >= 0.6 is 11.3 Å². The van der Waals surface area contributed by atoms with Gasteiger partial charge in [-0.1, -0.05) is 24.7 Å². The Bertz CT molecular complexity index is 779. The summed E-state index contributed by atoms with van der Waals surface area (Å²) in [5, 5.41) is 14.7. The van der Waals surface area contributed by atoms with Gasteiger partial charge in [0.2, 0.25) is 10.8 Å². The summed E-state index contributed by atoms with van der Waals surface area (Å²) in [6.45, 7) is 3.24. The van der Waals surface area contributed by atoms with Crippen molar-refractivity contribution in [1.29, 1.82) is 0 Å². The molecule has 23 heavy (non-hydrogen) atoms. The molecule has 0 aromatic carbocycles. The molecule has 0 spiro atoms. The number of hydrogen-bond acceptors (Lipinski definition) is 6. The summed E-state index contributed by atoms with van der Waals surface area (Å²) >= 11 is 1.48. The molecule has 4 rings (SSSR count). The summed E-state index contributed by atoms with van der Waals surface area (Å²) in [6, 6.07) is 4.31. The first kappa shape index (κ1) is 14.7. The lowest BCUT2D eigenvalue weighted by Crippen LogP contribution is -2.41. The molecule has 1 fully saturated rings. The third-order valence-electron chi connectivity index (χ3n) is 4.68. The van der Waals surface area contributed by atoms with Crippen LogP contribution in [0, 0.1) is 0 Å². The van der Waals surface area contributed by atoms with E-state index >= 15 is 0 Å². The van der Waals surface area contributed by atoms with Gasteiger partial charge in [-0.2, -0.15) is 9.61 Å². The highest BCUT2D eigenvalue weighted by molar-refractivity contribution is 7.17. The summed E-state index contributed by atoms with van der Waals surface area (Å²) in [6.07, 6.45) is 7.89. The van der Waals surface area contributed by atoms with Gasteiger partial charge in [-0.3, -0.25) is 4.90 Å². The monoisotopic (exact) mass is 332 g/mol. The zero-order valence-corrected chi connectivity index (χ0v) is 13.9. The first-order chi connectivity index (χ1) is 11.3. The number of furan rings is 1. The molecule has 1 saturated heterocycles. The lowest BCUT2D eigenvalue weighted by molar-refractivity contribution is 0.0989. The molecule has 0 bridgehead atoms. The Morgan fingerprint density at radius 3 is 3.13 bits per heavy atom. The fourth-order valence-electron chi connectivity index (χ4n) is 3.56. The highest BCUT2D eigenvalue weighted by Gasteiger charge is 2.35. The first-order valence-corrected chi connectivity index (χ1v) is 8.91. The largest absolute Gasteiger partial charge is 0.492 e. The molecule has 7 heteroatoms. The molecule has 6 nitrogen and oxygen atoms in total. The molecule has 0 saturated carbocycles. The summed E-state index contributed by atoms with van der Waals surface area (Å²) < 4.78 is 7.23. The summed E-state index contributed by atoms with van der Waals surface area (Å²) in [5.41, 5.74) is 0. The zero-order chi connectivity index (χ0) is 15.8. The molecule has 2 unspecified atom stereocenters. The van der Waals surface area contributed by atoms with E-state index in [0.29, 0.717) is 11.0 Å². The lowest BCUT2D eigenvalue weighted by atomic mass is 9.96. The summed E-state index contributed by atoms with van der Waals surface area (Å²) in [7, 11) is 0. The molecular formula is C16H20N4O2S. The molecule has 1 N–H and O–H groups in total. The van der Waals surface area contributed by atoms with E-state index in [1.807, 2.05) is 12.1 Å². The molecule has 3 aromatic rings. The average Bonchev–Trinajstić information content (AvgIpc) is 3.30. The molecule has 0 aliphatic carbocycles. The molecular weight excluding hydrogens is 312 g/mol. The Kier molecular flexibility index (Phi) is 3.82. The number of thiazole rings is 1. The van der Waals surface area contributed by atoms with Crippen molar-refractivity contribution in [1.82, 2.24) is 19.5 Å². The lowest BCUT2D eigenvalue weighted by Gasteiger charge is -2.39. The number of rotatable bonds is 4. The number of nitrogens with zero attached hydrogens (tertiary/aromatic N) is 4. The standard InChI is InChI=1S/C16H20N4O2S/c1-2-11-6-3-4-8-19(11)13(12-7-5-9-22-12)14-15(21)20-16(23-14)17-10-18-20/h5,7,9-11,13,21H,2-4,6,8H2,1H3. The quantitative estimate of drug-likeness (QED) is 0.793. The van der Waals surface area contributed by atoms with Crippen LogP contribution in [-0.4, -0.2) is 37.2 Å². The number of fused-ring (bicyclic) bond motifs is 1. The minimum absolute atomic E-state index is 0.0799. The van der Waals surface area contributed by atoms with Crippen LogP contribution in [0.5, 0.6) is 5.88 Å². The number of hydrogen-bond donors (Lipinski definition) is 1. The minimum atomic E-state index is -0.0799. The Labute approximate surface area is 138 Å². The van der Waals surface area contributed by atoms with Gasteiger partial charge in [-0.05, 0) is 37.9 Å². The second-order valence-corrected chi connectivity index (χ2v) is 6.97.